The molecule has 0 radical (unpaired) electrons. The molecule has 0 aliphatic carbocycles. The Balaban J connectivity index is 2.25. The van der Waals surface area contributed by atoms with Gasteiger partial charge in [0, 0.05) is 18.8 Å². The molecule has 0 aromatic carbocycles. The molecule has 0 bridgehead atoms. The molecule has 1 N–H and O–H groups in total. The normalized spacial score (nSPS) is 10.4. The van der Waals surface area contributed by atoms with Gasteiger partial charge in [0.15, 0.2) is 0 Å². The van der Waals surface area contributed by atoms with Gasteiger partial charge < -0.3 is 5.32 Å². The second-order valence-corrected chi connectivity index (χ2v) is 3.19. The molecular formula is C10H17N3O. The van der Waals surface area contributed by atoms with Crippen LogP contribution < -0.4 is 10.9 Å². The summed E-state index contributed by atoms with van der Waals surface area (Å²) in [5.41, 5.74) is -0.0372. The molecule has 0 aliphatic rings. The van der Waals surface area contributed by atoms with Crippen LogP contribution in [0, 0.1) is 0 Å². The van der Waals surface area contributed by atoms with Gasteiger partial charge in [0.1, 0.15) is 0 Å². The highest BCUT2D eigenvalue weighted by molar-refractivity contribution is 4.84. The third kappa shape index (κ3) is 3.70. The molecule has 0 amide bonds. The zero-order valence-electron chi connectivity index (χ0n) is 8.57. The van der Waals surface area contributed by atoms with Crippen molar-refractivity contribution in [3.63, 3.8) is 0 Å². The van der Waals surface area contributed by atoms with E-state index in [1.165, 1.54) is 23.6 Å². The second-order valence-electron chi connectivity index (χ2n) is 3.19. The van der Waals surface area contributed by atoms with E-state index in [0.29, 0.717) is 6.54 Å². The molecule has 0 unspecified atom stereocenters. The molecule has 1 heterocycles. The molecule has 0 aliphatic heterocycles. The van der Waals surface area contributed by atoms with E-state index in [9.17, 15) is 4.79 Å². The van der Waals surface area contributed by atoms with Crippen molar-refractivity contribution in [2.24, 2.45) is 0 Å². The van der Waals surface area contributed by atoms with Crippen LogP contribution in [0.2, 0.25) is 0 Å². The minimum absolute atomic E-state index is 0.0372. The Morgan fingerprint density at radius 1 is 1.50 bits per heavy atom. The van der Waals surface area contributed by atoms with Crippen LogP contribution in [0.5, 0.6) is 0 Å². The number of nitrogens with one attached hydrogen (secondary N) is 1. The molecule has 1 rings (SSSR count). The molecule has 1 aromatic rings. The van der Waals surface area contributed by atoms with Gasteiger partial charge in [-0.05, 0) is 19.0 Å². The lowest BCUT2D eigenvalue weighted by Gasteiger charge is -2.04. The molecule has 4 heteroatoms. The number of unbranched alkanes of at least 4 members (excludes halogenated alkanes) is 1. The minimum atomic E-state index is -0.0372. The van der Waals surface area contributed by atoms with E-state index in [4.69, 9.17) is 0 Å². The molecule has 0 saturated carbocycles. The van der Waals surface area contributed by atoms with E-state index in [0.717, 1.165) is 13.1 Å². The first-order chi connectivity index (χ1) is 6.84. The molecule has 14 heavy (non-hydrogen) atoms. The summed E-state index contributed by atoms with van der Waals surface area (Å²) in [6, 6.07) is 3.18. The van der Waals surface area contributed by atoms with Crippen LogP contribution in [0.15, 0.2) is 23.1 Å². The van der Waals surface area contributed by atoms with Crippen molar-refractivity contribution >= 4 is 0 Å². The summed E-state index contributed by atoms with van der Waals surface area (Å²) in [4.78, 5) is 11.2. The maximum absolute atomic E-state index is 11.2. The number of hydrogen-bond acceptors (Lipinski definition) is 3. The predicted octanol–water partition coefficient (Wildman–Crippen LogP) is 0.633. The Bertz CT molecular complexity index is 308. The average Bonchev–Trinajstić information content (AvgIpc) is 2.20. The SMILES string of the molecule is CCCCNCCn1ncccc1=O. The van der Waals surface area contributed by atoms with Gasteiger partial charge in [0.25, 0.3) is 5.56 Å². The van der Waals surface area contributed by atoms with Crippen molar-refractivity contribution in [2.45, 2.75) is 26.3 Å². The van der Waals surface area contributed by atoms with Crippen LogP contribution in [0.1, 0.15) is 19.8 Å². The van der Waals surface area contributed by atoms with Crippen LogP contribution >= 0.6 is 0 Å². The summed E-state index contributed by atoms with van der Waals surface area (Å²) < 4.78 is 1.47. The molecule has 1 aromatic heterocycles. The lowest BCUT2D eigenvalue weighted by Crippen LogP contribution is -2.28. The summed E-state index contributed by atoms with van der Waals surface area (Å²) in [6.45, 7) is 4.61. The Morgan fingerprint density at radius 2 is 2.36 bits per heavy atom. The average molecular weight is 195 g/mol. The Kier molecular flexibility index (Phi) is 4.93. The van der Waals surface area contributed by atoms with E-state index in [2.05, 4.69) is 17.3 Å². The maximum Gasteiger partial charge on any atom is 0.266 e. The fraction of sp³-hybridized carbons (Fsp3) is 0.600. The van der Waals surface area contributed by atoms with Gasteiger partial charge in [-0.15, -0.1) is 0 Å². The van der Waals surface area contributed by atoms with E-state index in [1.54, 1.807) is 12.3 Å². The van der Waals surface area contributed by atoms with Gasteiger partial charge in [0.2, 0.25) is 0 Å². The van der Waals surface area contributed by atoms with Gasteiger partial charge in [-0.1, -0.05) is 13.3 Å². The lowest BCUT2D eigenvalue weighted by atomic mass is 10.3. The smallest absolute Gasteiger partial charge is 0.266 e. The summed E-state index contributed by atoms with van der Waals surface area (Å²) in [7, 11) is 0. The minimum Gasteiger partial charge on any atom is -0.315 e. The third-order valence-corrected chi connectivity index (χ3v) is 1.99. The van der Waals surface area contributed by atoms with Crippen LogP contribution in [0.25, 0.3) is 0 Å². The van der Waals surface area contributed by atoms with E-state index in [-0.39, 0.29) is 5.56 Å². The van der Waals surface area contributed by atoms with Crippen LogP contribution in [-0.2, 0) is 6.54 Å². The van der Waals surface area contributed by atoms with Crippen molar-refractivity contribution in [3.8, 4) is 0 Å². The van der Waals surface area contributed by atoms with Crippen molar-refractivity contribution in [1.29, 1.82) is 0 Å². The number of hydrogen-bond donors (Lipinski definition) is 1. The monoisotopic (exact) mass is 195 g/mol. The van der Waals surface area contributed by atoms with Gasteiger partial charge in [-0.3, -0.25) is 4.79 Å². The van der Waals surface area contributed by atoms with Gasteiger partial charge in [-0.25, -0.2) is 4.68 Å². The highest BCUT2D eigenvalue weighted by atomic mass is 16.1. The van der Waals surface area contributed by atoms with Crippen molar-refractivity contribution < 1.29 is 0 Å². The summed E-state index contributed by atoms with van der Waals surface area (Å²) in [6.07, 6.45) is 4.00. The Labute approximate surface area is 84.0 Å². The number of aromatic nitrogens is 2. The Hall–Kier alpha value is -1.16. The zero-order chi connectivity index (χ0) is 10.2. The molecule has 0 atom stereocenters. The molecular weight excluding hydrogens is 178 g/mol. The van der Waals surface area contributed by atoms with E-state index < -0.39 is 0 Å². The lowest BCUT2D eigenvalue weighted by molar-refractivity contribution is 0.525. The third-order valence-electron chi connectivity index (χ3n) is 1.99. The van der Waals surface area contributed by atoms with Crippen LogP contribution in [0.4, 0.5) is 0 Å². The maximum atomic E-state index is 11.2. The van der Waals surface area contributed by atoms with Crippen molar-refractivity contribution in [3.05, 3.63) is 28.7 Å². The highest BCUT2D eigenvalue weighted by Crippen LogP contribution is 1.82. The fourth-order valence-electron chi connectivity index (χ4n) is 1.17. The van der Waals surface area contributed by atoms with E-state index in [1.807, 2.05) is 0 Å². The van der Waals surface area contributed by atoms with Gasteiger partial charge in [0.05, 0.1) is 6.54 Å². The topological polar surface area (TPSA) is 46.9 Å². The zero-order valence-corrected chi connectivity index (χ0v) is 8.57. The van der Waals surface area contributed by atoms with Gasteiger partial charge >= 0.3 is 0 Å². The molecule has 78 valence electrons. The van der Waals surface area contributed by atoms with Gasteiger partial charge in [-0.2, -0.15) is 5.10 Å². The number of rotatable bonds is 6. The van der Waals surface area contributed by atoms with Crippen LogP contribution in [0.3, 0.4) is 0 Å². The summed E-state index contributed by atoms with van der Waals surface area (Å²) >= 11 is 0. The molecule has 0 spiro atoms. The first-order valence-electron chi connectivity index (χ1n) is 5.07. The first-order valence-corrected chi connectivity index (χ1v) is 5.07. The largest absolute Gasteiger partial charge is 0.315 e. The molecule has 4 nitrogen and oxygen atoms in total. The fourth-order valence-corrected chi connectivity index (χ4v) is 1.17. The van der Waals surface area contributed by atoms with Crippen molar-refractivity contribution in [1.82, 2.24) is 15.1 Å². The molecule has 0 saturated heterocycles. The van der Waals surface area contributed by atoms with E-state index >= 15 is 0 Å². The standard InChI is InChI=1S/C10H17N3O/c1-2-3-6-11-8-9-13-10(14)5-4-7-12-13/h4-5,7,11H,2-3,6,8-9H2,1H3. The quantitative estimate of drug-likeness (QED) is 0.677. The van der Waals surface area contributed by atoms with Crippen molar-refractivity contribution in [2.75, 3.05) is 13.1 Å². The highest BCUT2D eigenvalue weighted by Gasteiger charge is 1.93. The number of nitrogens with zero attached hydrogens (tertiary/aromatic N) is 2. The summed E-state index contributed by atoms with van der Waals surface area (Å²) in [5.74, 6) is 0. The molecule has 0 fully saturated rings. The predicted molar refractivity (Wildman–Crippen MR) is 56.3 cm³/mol. The Morgan fingerprint density at radius 3 is 3.07 bits per heavy atom. The van der Waals surface area contributed by atoms with Crippen LogP contribution in [-0.4, -0.2) is 22.9 Å². The first kappa shape index (κ1) is 10.9. The second kappa shape index (κ2) is 6.32. The summed E-state index contributed by atoms with van der Waals surface area (Å²) in [5, 5.41) is 7.22.